The first kappa shape index (κ1) is 18.4. The van der Waals surface area contributed by atoms with Gasteiger partial charge in [-0.15, -0.1) is 0 Å². The third kappa shape index (κ3) is 3.43. The molecule has 1 aliphatic heterocycles. The molecule has 7 heteroatoms. The molecule has 0 bridgehead atoms. The van der Waals surface area contributed by atoms with Gasteiger partial charge in [0, 0.05) is 42.2 Å². The first-order chi connectivity index (χ1) is 13.6. The highest BCUT2D eigenvalue weighted by Crippen LogP contribution is 2.34. The molecular weight excluding hydrogens is 379 g/mol. The minimum absolute atomic E-state index is 0.0563. The van der Waals surface area contributed by atoms with Gasteiger partial charge >= 0.3 is 0 Å². The van der Waals surface area contributed by atoms with E-state index in [1.807, 2.05) is 12.1 Å². The van der Waals surface area contributed by atoms with Crippen LogP contribution in [0, 0.1) is 5.82 Å². The highest BCUT2D eigenvalue weighted by molar-refractivity contribution is 6.34. The highest BCUT2D eigenvalue weighted by Gasteiger charge is 2.22. The van der Waals surface area contributed by atoms with Crippen molar-refractivity contribution in [3.63, 3.8) is 0 Å². The van der Waals surface area contributed by atoms with Crippen LogP contribution in [0.3, 0.4) is 0 Å². The predicted octanol–water partition coefficient (Wildman–Crippen LogP) is 3.92. The fourth-order valence-electron chi connectivity index (χ4n) is 3.43. The van der Waals surface area contributed by atoms with Gasteiger partial charge in [-0.2, -0.15) is 0 Å². The normalized spacial score (nSPS) is 14.4. The van der Waals surface area contributed by atoms with Gasteiger partial charge in [-0.05, 0) is 35.9 Å². The third-order valence-corrected chi connectivity index (χ3v) is 5.24. The number of piperazine rings is 1. The Morgan fingerprint density at radius 3 is 2.50 bits per heavy atom. The molecule has 3 aromatic rings. The van der Waals surface area contributed by atoms with Gasteiger partial charge in [-0.1, -0.05) is 30.3 Å². The van der Waals surface area contributed by atoms with E-state index in [0.29, 0.717) is 31.2 Å². The molecule has 1 saturated heterocycles. The molecule has 1 aromatic heterocycles. The van der Waals surface area contributed by atoms with E-state index < -0.39 is 0 Å². The molecule has 0 aliphatic carbocycles. The van der Waals surface area contributed by atoms with E-state index in [2.05, 4.69) is 21.4 Å². The summed E-state index contributed by atoms with van der Waals surface area (Å²) < 4.78 is 13.2. The fraction of sp³-hybridized carbons (Fsp3) is 0.190. The van der Waals surface area contributed by atoms with E-state index >= 15 is 0 Å². The maximum atomic E-state index is 13.2. The zero-order valence-corrected chi connectivity index (χ0v) is 15.9. The van der Waals surface area contributed by atoms with E-state index in [4.69, 9.17) is 11.6 Å². The summed E-state index contributed by atoms with van der Waals surface area (Å²) in [7, 11) is 0. The van der Waals surface area contributed by atoms with Gasteiger partial charge in [0.05, 0.1) is 5.52 Å². The number of nitrogens with zero attached hydrogens (tertiary/aromatic N) is 4. The van der Waals surface area contributed by atoms with Crippen molar-refractivity contribution < 1.29 is 9.18 Å². The average molecular weight is 397 g/mol. The predicted molar refractivity (Wildman–Crippen MR) is 109 cm³/mol. The first-order valence-electron chi connectivity index (χ1n) is 8.93. The lowest BCUT2D eigenvalue weighted by Crippen LogP contribution is -2.48. The summed E-state index contributed by atoms with van der Waals surface area (Å²) in [5.41, 5.74) is 2.38. The van der Waals surface area contributed by atoms with Gasteiger partial charge in [0.25, 0.3) is 0 Å². The van der Waals surface area contributed by atoms with Crippen LogP contribution in [-0.4, -0.2) is 47.0 Å². The minimum Gasteiger partial charge on any atom is -0.352 e. The number of halogens is 2. The highest BCUT2D eigenvalue weighted by atomic mass is 35.5. The molecule has 0 saturated carbocycles. The number of hydrogen-bond donors (Lipinski definition) is 0. The molecule has 142 valence electrons. The summed E-state index contributed by atoms with van der Waals surface area (Å²) in [4.78, 5) is 24.5. The topological polar surface area (TPSA) is 49.3 Å². The average Bonchev–Trinajstić information content (AvgIpc) is 2.73. The van der Waals surface area contributed by atoms with Crippen LogP contribution in [0.4, 0.5) is 10.2 Å². The third-order valence-electron chi connectivity index (χ3n) is 4.92. The largest absolute Gasteiger partial charge is 0.352 e. The molecule has 4 rings (SSSR count). The Hall–Kier alpha value is -2.99. The van der Waals surface area contributed by atoms with Crippen LogP contribution in [0.2, 0.25) is 5.02 Å². The zero-order valence-electron chi connectivity index (χ0n) is 15.1. The van der Waals surface area contributed by atoms with Crippen molar-refractivity contribution in [3.8, 4) is 11.1 Å². The quantitative estimate of drug-likeness (QED) is 0.629. The van der Waals surface area contributed by atoms with Gasteiger partial charge in [0.1, 0.15) is 18.0 Å². The Labute approximate surface area is 167 Å². The molecule has 1 amide bonds. The summed E-state index contributed by atoms with van der Waals surface area (Å²) in [5.74, 6) is 0.446. The van der Waals surface area contributed by atoms with E-state index in [1.165, 1.54) is 24.5 Å². The maximum absolute atomic E-state index is 13.2. The second kappa shape index (κ2) is 7.56. The summed E-state index contributed by atoms with van der Waals surface area (Å²) >= 11 is 6.54. The number of aromatic nitrogens is 2. The van der Waals surface area contributed by atoms with Crippen LogP contribution in [0.5, 0.6) is 0 Å². The van der Waals surface area contributed by atoms with Crippen LogP contribution in [0.15, 0.2) is 55.4 Å². The second-order valence-electron chi connectivity index (χ2n) is 6.57. The van der Waals surface area contributed by atoms with Gasteiger partial charge in [0.2, 0.25) is 5.91 Å². The number of benzene rings is 2. The lowest BCUT2D eigenvalue weighted by molar-refractivity contribution is -0.126. The molecule has 1 fully saturated rings. The summed E-state index contributed by atoms with van der Waals surface area (Å²) in [6.45, 7) is 6.10. The molecule has 0 atom stereocenters. The number of amides is 1. The second-order valence-corrected chi connectivity index (χ2v) is 6.98. The molecule has 2 aromatic carbocycles. The maximum Gasteiger partial charge on any atom is 0.246 e. The van der Waals surface area contributed by atoms with Gasteiger partial charge in [0.15, 0.2) is 0 Å². The monoisotopic (exact) mass is 396 g/mol. The van der Waals surface area contributed by atoms with Crippen LogP contribution in [-0.2, 0) is 4.79 Å². The Balaban J connectivity index is 1.68. The van der Waals surface area contributed by atoms with E-state index in [0.717, 1.165) is 27.8 Å². The molecule has 0 radical (unpaired) electrons. The van der Waals surface area contributed by atoms with Crippen molar-refractivity contribution in [2.75, 3.05) is 31.1 Å². The van der Waals surface area contributed by atoms with Crippen molar-refractivity contribution >= 4 is 34.2 Å². The number of fused-ring (bicyclic) bond motifs is 1. The smallest absolute Gasteiger partial charge is 0.246 e. The molecule has 0 N–H and O–H groups in total. The number of hydrogen-bond acceptors (Lipinski definition) is 4. The molecule has 0 spiro atoms. The molecule has 0 unspecified atom stereocenters. The van der Waals surface area contributed by atoms with Crippen molar-refractivity contribution in [3.05, 3.63) is 66.2 Å². The van der Waals surface area contributed by atoms with Crippen LogP contribution < -0.4 is 4.90 Å². The standard InChI is InChI=1S/C21H18ClFN4O/c1-2-20(28)26-7-9-27(10-8-26)21-17-11-18(22)16(12-19(17)24-13-25-21)14-3-5-15(23)6-4-14/h2-6,11-13H,1,7-10H2. The van der Waals surface area contributed by atoms with Crippen LogP contribution in [0.25, 0.3) is 22.0 Å². The van der Waals surface area contributed by atoms with Crippen LogP contribution >= 0.6 is 11.6 Å². The van der Waals surface area contributed by atoms with Crippen molar-refractivity contribution in [1.82, 2.24) is 14.9 Å². The summed E-state index contributed by atoms with van der Waals surface area (Å²) in [6, 6.07) is 9.96. The molecule has 2 heterocycles. The Kier molecular flexibility index (Phi) is 4.96. The minimum atomic E-state index is -0.292. The van der Waals surface area contributed by atoms with Gasteiger partial charge in [-0.25, -0.2) is 14.4 Å². The summed E-state index contributed by atoms with van der Waals surface area (Å²) in [6.07, 6.45) is 2.87. The fourth-order valence-corrected chi connectivity index (χ4v) is 3.71. The lowest BCUT2D eigenvalue weighted by Gasteiger charge is -2.35. The molecule has 28 heavy (non-hydrogen) atoms. The number of carbonyl (C=O) groups excluding carboxylic acids is 1. The Bertz CT molecular complexity index is 1050. The van der Waals surface area contributed by atoms with Crippen LogP contribution in [0.1, 0.15) is 0 Å². The van der Waals surface area contributed by atoms with Crippen molar-refractivity contribution in [1.29, 1.82) is 0 Å². The van der Waals surface area contributed by atoms with E-state index in [1.54, 1.807) is 17.0 Å². The molecule has 1 aliphatic rings. The van der Waals surface area contributed by atoms with Crippen molar-refractivity contribution in [2.45, 2.75) is 0 Å². The zero-order chi connectivity index (χ0) is 19.7. The van der Waals surface area contributed by atoms with Gasteiger partial charge < -0.3 is 9.80 Å². The Morgan fingerprint density at radius 1 is 1.11 bits per heavy atom. The molecular formula is C21H18ClFN4O. The lowest BCUT2D eigenvalue weighted by atomic mass is 10.0. The Morgan fingerprint density at radius 2 is 1.82 bits per heavy atom. The first-order valence-corrected chi connectivity index (χ1v) is 9.31. The molecule has 5 nitrogen and oxygen atoms in total. The number of anilines is 1. The number of carbonyl (C=O) groups is 1. The van der Waals surface area contributed by atoms with Crippen molar-refractivity contribution in [2.24, 2.45) is 0 Å². The van der Waals surface area contributed by atoms with Gasteiger partial charge in [-0.3, -0.25) is 4.79 Å². The summed E-state index contributed by atoms with van der Waals surface area (Å²) in [5, 5.41) is 1.40. The van der Waals surface area contributed by atoms with E-state index in [-0.39, 0.29) is 11.7 Å². The SMILES string of the molecule is C=CC(=O)N1CCN(c2ncnc3cc(-c4ccc(F)cc4)c(Cl)cc23)CC1. The van der Waals surface area contributed by atoms with E-state index in [9.17, 15) is 9.18 Å². The number of rotatable bonds is 3.